The number of aliphatic hydroxyl groups is 1. The molecule has 0 aliphatic carbocycles. The Bertz CT molecular complexity index is 770. The van der Waals surface area contributed by atoms with Crippen LogP contribution in [-0.2, 0) is 0 Å². The van der Waals surface area contributed by atoms with Crippen molar-refractivity contribution >= 4 is 0 Å². The monoisotopic (exact) mass is 341 g/mol. The first-order chi connectivity index (χ1) is 12.2. The van der Waals surface area contributed by atoms with Crippen LogP contribution >= 0.6 is 0 Å². The van der Waals surface area contributed by atoms with E-state index in [0.29, 0.717) is 23.7 Å². The van der Waals surface area contributed by atoms with Crippen LogP contribution in [0.1, 0.15) is 24.5 Å². The molecule has 0 unspecified atom stereocenters. The number of aromatic hydroxyl groups is 1. The minimum absolute atomic E-state index is 0.0195. The van der Waals surface area contributed by atoms with Crippen LogP contribution in [0.3, 0.4) is 0 Å². The highest BCUT2D eigenvalue weighted by atomic mass is 16.5. The zero-order valence-corrected chi connectivity index (χ0v) is 14.3. The molecule has 0 aromatic heterocycles. The van der Waals surface area contributed by atoms with E-state index in [1.807, 2.05) is 18.2 Å². The van der Waals surface area contributed by atoms with E-state index in [1.54, 1.807) is 25.3 Å². The van der Waals surface area contributed by atoms with E-state index in [1.165, 1.54) is 12.8 Å². The van der Waals surface area contributed by atoms with Crippen molar-refractivity contribution in [1.29, 1.82) is 0 Å². The Hall–Kier alpha value is -2.24. The van der Waals surface area contributed by atoms with E-state index in [9.17, 15) is 10.2 Å². The van der Waals surface area contributed by atoms with Crippen molar-refractivity contribution < 1.29 is 19.7 Å². The molecule has 2 atom stereocenters. The minimum Gasteiger partial charge on any atom is -0.507 e. The standard InChI is InChI=1S/C20H23NO4/c1-24-14-5-7-18(22)16(11-14)13-4-6-15-19(10-13)25-12-17(20(15)23)21-8-2-3-9-21/h4-7,10-11,17,20,22-23H,2-3,8-9,12H2,1H3/t17-,20-/m1/s1. The molecule has 5 nitrogen and oxygen atoms in total. The van der Waals surface area contributed by atoms with E-state index in [-0.39, 0.29) is 11.8 Å². The average molecular weight is 341 g/mol. The summed E-state index contributed by atoms with van der Waals surface area (Å²) in [5.41, 5.74) is 2.33. The Morgan fingerprint density at radius 2 is 1.92 bits per heavy atom. The fourth-order valence-electron chi connectivity index (χ4n) is 3.80. The molecule has 4 rings (SSSR count). The SMILES string of the molecule is COc1ccc(O)c(-c2ccc3c(c2)OC[C@@H](N2CCCC2)[C@@H]3O)c1. The predicted molar refractivity (Wildman–Crippen MR) is 95.1 cm³/mol. The molecule has 0 spiro atoms. The molecule has 25 heavy (non-hydrogen) atoms. The van der Waals surface area contributed by atoms with Gasteiger partial charge in [-0.15, -0.1) is 0 Å². The van der Waals surface area contributed by atoms with Gasteiger partial charge in [0.05, 0.1) is 13.2 Å². The van der Waals surface area contributed by atoms with Crippen LogP contribution in [0.2, 0.25) is 0 Å². The summed E-state index contributed by atoms with van der Waals surface area (Å²) in [7, 11) is 1.60. The Morgan fingerprint density at radius 3 is 2.68 bits per heavy atom. The van der Waals surface area contributed by atoms with Gasteiger partial charge in [0.25, 0.3) is 0 Å². The number of hydrogen-bond donors (Lipinski definition) is 2. The lowest BCUT2D eigenvalue weighted by Gasteiger charge is -2.36. The second kappa shape index (κ2) is 6.58. The van der Waals surface area contributed by atoms with E-state index in [4.69, 9.17) is 9.47 Å². The van der Waals surface area contributed by atoms with Crippen molar-refractivity contribution in [3.8, 4) is 28.4 Å². The largest absolute Gasteiger partial charge is 0.507 e. The van der Waals surface area contributed by atoms with Crippen LogP contribution in [0.4, 0.5) is 0 Å². The third-order valence-corrected chi connectivity index (χ3v) is 5.23. The number of aliphatic hydroxyl groups excluding tert-OH is 1. The van der Waals surface area contributed by atoms with Crippen molar-refractivity contribution in [3.63, 3.8) is 0 Å². The highest BCUT2D eigenvalue weighted by Crippen LogP contribution is 2.40. The number of benzene rings is 2. The van der Waals surface area contributed by atoms with Gasteiger partial charge in [-0.2, -0.15) is 0 Å². The summed E-state index contributed by atoms with van der Waals surface area (Å²) in [6.07, 6.45) is 1.82. The summed E-state index contributed by atoms with van der Waals surface area (Å²) in [5.74, 6) is 1.55. The first-order valence-corrected chi connectivity index (χ1v) is 8.73. The van der Waals surface area contributed by atoms with Gasteiger partial charge in [-0.05, 0) is 55.8 Å². The zero-order chi connectivity index (χ0) is 17.4. The highest BCUT2D eigenvalue weighted by Gasteiger charge is 2.35. The third-order valence-electron chi connectivity index (χ3n) is 5.23. The Labute approximate surface area is 147 Å². The molecule has 2 N–H and O–H groups in total. The van der Waals surface area contributed by atoms with E-state index < -0.39 is 6.10 Å². The van der Waals surface area contributed by atoms with Crippen molar-refractivity contribution in [2.75, 3.05) is 26.8 Å². The molecule has 0 amide bonds. The number of rotatable bonds is 3. The summed E-state index contributed by atoms with van der Waals surface area (Å²) in [6.45, 7) is 2.54. The van der Waals surface area contributed by atoms with E-state index in [0.717, 1.165) is 24.2 Å². The van der Waals surface area contributed by atoms with Gasteiger partial charge in [0.1, 0.15) is 30.0 Å². The molecule has 5 heteroatoms. The van der Waals surface area contributed by atoms with Gasteiger partial charge >= 0.3 is 0 Å². The Morgan fingerprint density at radius 1 is 1.12 bits per heavy atom. The molecule has 0 bridgehead atoms. The smallest absolute Gasteiger partial charge is 0.125 e. The maximum Gasteiger partial charge on any atom is 0.125 e. The summed E-state index contributed by atoms with van der Waals surface area (Å²) < 4.78 is 11.2. The number of methoxy groups -OCH3 is 1. The molecule has 2 heterocycles. The van der Waals surface area contributed by atoms with Crippen molar-refractivity contribution in [2.24, 2.45) is 0 Å². The quantitative estimate of drug-likeness (QED) is 0.899. The number of fused-ring (bicyclic) bond motifs is 1. The van der Waals surface area contributed by atoms with Gasteiger partial charge < -0.3 is 19.7 Å². The van der Waals surface area contributed by atoms with Gasteiger partial charge in [0, 0.05) is 11.1 Å². The molecule has 2 aromatic rings. The number of nitrogens with zero attached hydrogens (tertiary/aromatic N) is 1. The number of hydrogen-bond acceptors (Lipinski definition) is 5. The fourth-order valence-corrected chi connectivity index (χ4v) is 3.80. The van der Waals surface area contributed by atoms with Crippen LogP contribution in [-0.4, -0.2) is 48.0 Å². The number of phenols is 1. The number of phenolic OH excluding ortho intramolecular Hbond substituents is 1. The molecule has 0 radical (unpaired) electrons. The lowest BCUT2D eigenvalue weighted by molar-refractivity contribution is 0.0140. The van der Waals surface area contributed by atoms with Gasteiger partial charge in [0.15, 0.2) is 0 Å². The molecule has 2 aliphatic heterocycles. The normalized spacial score (nSPS) is 23.1. The molecule has 2 aromatic carbocycles. The molecule has 1 fully saturated rings. The van der Waals surface area contributed by atoms with Gasteiger partial charge in [0.2, 0.25) is 0 Å². The second-order valence-corrected chi connectivity index (χ2v) is 6.70. The van der Waals surface area contributed by atoms with E-state index in [2.05, 4.69) is 4.90 Å². The first kappa shape index (κ1) is 16.2. The zero-order valence-electron chi connectivity index (χ0n) is 14.3. The van der Waals surface area contributed by atoms with E-state index >= 15 is 0 Å². The van der Waals surface area contributed by atoms with Crippen LogP contribution in [0, 0.1) is 0 Å². The maximum absolute atomic E-state index is 10.8. The average Bonchev–Trinajstić information content (AvgIpc) is 3.16. The predicted octanol–water partition coefficient (Wildman–Crippen LogP) is 2.96. The summed E-state index contributed by atoms with van der Waals surface area (Å²) >= 11 is 0. The first-order valence-electron chi connectivity index (χ1n) is 8.73. The van der Waals surface area contributed by atoms with Crippen LogP contribution < -0.4 is 9.47 Å². The van der Waals surface area contributed by atoms with Crippen LogP contribution in [0.25, 0.3) is 11.1 Å². The molecule has 0 saturated carbocycles. The molecular weight excluding hydrogens is 318 g/mol. The Balaban J connectivity index is 1.65. The van der Waals surface area contributed by atoms with Gasteiger partial charge in [-0.3, -0.25) is 4.90 Å². The topological polar surface area (TPSA) is 62.2 Å². The third kappa shape index (κ3) is 2.94. The van der Waals surface area contributed by atoms with Crippen molar-refractivity contribution in [2.45, 2.75) is 25.0 Å². The summed E-state index contributed by atoms with van der Waals surface area (Å²) in [4.78, 5) is 2.31. The highest BCUT2D eigenvalue weighted by molar-refractivity contribution is 5.73. The van der Waals surface area contributed by atoms with Gasteiger partial charge in [-0.25, -0.2) is 0 Å². The lowest BCUT2D eigenvalue weighted by Crippen LogP contribution is -2.44. The molecule has 1 saturated heterocycles. The number of likely N-dealkylation sites (tertiary alicyclic amines) is 1. The Kier molecular flexibility index (Phi) is 4.27. The molecular formula is C20H23NO4. The summed E-state index contributed by atoms with van der Waals surface area (Å²) in [5, 5.41) is 21.0. The lowest BCUT2D eigenvalue weighted by atomic mass is 9.94. The maximum atomic E-state index is 10.8. The second-order valence-electron chi connectivity index (χ2n) is 6.70. The number of ether oxygens (including phenoxy) is 2. The van der Waals surface area contributed by atoms with Crippen molar-refractivity contribution in [1.82, 2.24) is 4.90 Å². The van der Waals surface area contributed by atoms with Crippen LogP contribution in [0.5, 0.6) is 17.2 Å². The summed E-state index contributed by atoms with van der Waals surface area (Å²) in [6, 6.07) is 10.8. The molecule has 2 aliphatic rings. The fraction of sp³-hybridized carbons (Fsp3) is 0.400. The minimum atomic E-state index is -0.546. The van der Waals surface area contributed by atoms with Crippen molar-refractivity contribution in [3.05, 3.63) is 42.0 Å². The molecule has 132 valence electrons. The van der Waals surface area contributed by atoms with Crippen LogP contribution in [0.15, 0.2) is 36.4 Å². The van der Waals surface area contributed by atoms with Gasteiger partial charge in [-0.1, -0.05) is 12.1 Å².